The minimum atomic E-state index is -3.00. The van der Waals surface area contributed by atoms with Gasteiger partial charge < -0.3 is 10.1 Å². The highest BCUT2D eigenvalue weighted by molar-refractivity contribution is 7.92. The molecule has 0 amide bonds. The Morgan fingerprint density at radius 1 is 1.31 bits per heavy atom. The fourth-order valence-corrected chi connectivity index (χ4v) is 4.33. The molecule has 0 aromatic rings. The molecule has 0 radical (unpaired) electrons. The summed E-state index contributed by atoms with van der Waals surface area (Å²) in [7, 11) is -1.46. The van der Waals surface area contributed by atoms with Crippen LogP contribution in [-0.4, -0.2) is 45.7 Å². The van der Waals surface area contributed by atoms with E-state index in [1.807, 2.05) is 6.92 Å². The van der Waals surface area contributed by atoms with Gasteiger partial charge in [0.1, 0.15) is 0 Å². The maximum absolute atomic E-state index is 12.1. The summed E-state index contributed by atoms with van der Waals surface area (Å²) in [6.07, 6.45) is 3.93. The van der Waals surface area contributed by atoms with E-state index in [1.165, 1.54) is 7.11 Å². The van der Waals surface area contributed by atoms with Gasteiger partial charge in [-0.2, -0.15) is 0 Å². The number of hydrogen-bond acceptors (Lipinski definition) is 4. The minimum Gasteiger partial charge on any atom is -0.384 e. The lowest BCUT2D eigenvalue weighted by atomic mass is 9.95. The molecule has 0 aliphatic heterocycles. The molecule has 16 heavy (non-hydrogen) atoms. The highest BCUT2D eigenvalue weighted by atomic mass is 32.2. The Hall–Kier alpha value is -0.130. The Balaban J connectivity index is 2.66. The Labute approximate surface area is 98.7 Å². The smallest absolute Gasteiger partial charge is 0.156 e. The normalized spacial score (nSPS) is 26.9. The summed E-state index contributed by atoms with van der Waals surface area (Å²) in [6, 6.07) is 0.139. The van der Waals surface area contributed by atoms with E-state index in [0.717, 1.165) is 32.2 Å². The quantitative estimate of drug-likeness (QED) is 0.762. The molecule has 1 saturated carbocycles. The van der Waals surface area contributed by atoms with Gasteiger partial charge in [-0.3, -0.25) is 0 Å². The summed E-state index contributed by atoms with van der Waals surface area (Å²) < 4.78 is 29.1. The van der Waals surface area contributed by atoms with E-state index in [9.17, 15) is 8.42 Å². The molecule has 5 heteroatoms. The Bertz CT molecular complexity index is 288. The van der Waals surface area contributed by atoms with E-state index in [4.69, 9.17) is 4.74 Å². The van der Waals surface area contributed by atoms with Gasteiger partial charge in [-0.1, -0.05) is 19.8 Å². The first-order chi connectivity index (χ1) is 7.61. The fraction of sp³-hybridized carbons (Fsp3) is 1.00. The van der Waals surface area contributed by atoms with Crippen molar-refractivity contribution < 1.29 is 13.2 Å². The molecule has 0 aromatic heterocycles. The zero-order valence-electron chi connectivity index (χ0n) is 10.2. The first kappa shape index (κ1) is 13.9. The highest BCUT2D eigenvalue weighted by Crippen LogP contribution is 2.24. The first-order valence-corrected chi connectivity index (χ1v) is 7.77. The molecular weight excluding hydrogens is 226 g/mol. The van der Waals surface area contributed by atoms with Gasteiger partial charge in [0.15, 0.2) is 9.84 Å². The van der Waals surface area contributed by atoms with E-state index in [-0.39, 0.29) is 17.0 Å². The van der Waals surface area contributed by atoms with E-state index < -0.39 is 9.84 Å². The van der Waals surface area contributed by atoms with Crippen LogP contribution < -0.4 is 5.32 Å². The third-order valence-corrected chi connectivity index (χ3v) is 5.42. The fourth-order valence-electron chi connectivity index (χ4n) is 2.37. The molecule has 1 aliphatic rings. The topological polar surface area (TPSA) is 55.4 Å². The molecule has 0 heterocycles. The van der Waals surface area contributed by atoms with Gasteiger partial charge in [0.25, 0.3) is 0 Å². The Kier molecular flexibility index (Phi) is 5.72. The van der Waals surface area contributed by atoms with Crippen molar-refractivity contribution in [3.8, 4) is 0 Å². The molecule has 1 aliphatic carbocycles. The molecule has 0 spiro atoms. The molecule has 0 saturated heterocycles. The second kappa shape index (κ2) is 6.57. The third-order valence-electron chi connectivity index (χ3n) is 3.20. The predicted octanol–water partition coefficient (Wildman–Crippen LogP) is 0.968. The van der Waals surface area contributed by atoms with Crippen LogP contribution in [0.25, 0.3) is 0 Å². The van der Waals surface area contributed by atoms with Gasteiger partial charge in [0.05, 0.1) is 17.6 Å². The van der Waals surface area contributed by atoms with Crippen LogP contribution in [0.1, 0.15) is 32.6 Å². The van der Waals surface area contributed by atoms with Crippen LogP contribution in [-0.2, 0) is 14.6 Å². The van der Waals surface area contributed by atoms with Crippen molar-refractivity contribution in [2.45, 2.75) is 43.9 Å². The number of sulfone groups is 1. The maximum atomic E-state index is 12.1. The molecule has 96 valence electrons. The molecular formula is C11H23NO3S. The summed E-state index contributed by atoms with van der Waals surface area (Å²) in [6.45, 7) is 3.16. The molecule has 0 aromatic carbocycles. The van der Waals surface area contributed by atoms with Gasteiger partial charge >= 0.3 is 0 Å². The van der Waals surface area contributed by atoms with Crippen molar-refractivity contribution in [2.75, 3.05) is 26.0 Å². The standard InChI is InChI=1S/C11H23NO3S/c1-3-12-10-6-4-5-7-11(10)16(13,14)9-8-15-2/h10-12H,3-9H2,1-2H3. The van der Waals surface area contributed by atoms with Crippen molar-refractivity contribution in [3.05, 3.63) is 0 Å². The number of ether oxygens (including phenoxy) is 1. The molecule has 1 N–H and O–H groups in total. The predicted molar refractivity (Wildman–Crippen MR) is 65.4 cm³/mol. The van der Waals surface area contributed by atoms with Crippen LogP contribution in [0.2, 0.25) is 0 Å². The Morgan fingerprint density at radius 2 is 2.00 bits per heavy atom. The summed E-state index contributed by atoms with van der Waals surface area (Å²) in [5.41, 5.74) is 0. The summed E-state index contributed by atoms with van der Waals surface area (Å²) in [5, 5.41) is 3.09. The molecule has 2 atom stereocenters. The van der Waals surface area contributed by atoms with Crippen molar-refractivity contribution in [1.82, 2.24) is 5.32 Å². The van der Waals surface area contributed by atoms with Gasteiger partial charge in [-0.25, -0.2) is 8.42 Å². The summed E-state index contributed by atoms with van der Waals surface area (Å²) in [5.74, 6) is 0.149. The second-order valence-electron chi connectivity index (χ2n) is 4.35. The van der Waals surface area contributed by atoms with Crippen molar-refractivity contribution in [2.24, 2.45) is 0 Å². The van der Waals surface area contributed by atoms with Crippen LogP contribution in [0.3, 0.4) is 0 Å². The first-order valence-electron chi connectivity index (χ1n) is 6.05. The number of hydrogen-bond donors (Lipinski definition) is 1. The lowest BCUT2D eigenvalue weighted by Gasteiger charge is -2.31. The van der Waals surface area contributed by atoms with E-state index in [1.54, 1.807) is 0 Å². The van der Waals surface area contributed by atoms with Gasteiger partial charge in [0.2, 0.25) is 0 Å². The Morgan fingerprint density at radius 3 is 2.62 bits per heavy atom. The number of methoxy groups -OCH3 is 1. The summed E-state index contributed by atoms with van der Waals surface area (Å²) >= 11 is 0. The largest absolute Gasteiger partial charge is 0.384 e. The van der Waals surface area contributed by atoms with Crippen LogP contribution in [0.4, 0.5) is 0 Å². The maximum Gasteiger partial charge on any atom is 0.156 e. The van der Waals surface area contributed by atoms with Crippen LogP contribution in [0.5, 0.6) is 0 Å². The second-order valence-corrected chi connectivity index (χ2v) is 6.69. The van der Waals surface area contributed by atoms with Gasteiger partial charge in [-0.05, 0) is 19.4 Å². The zero-order chi connectivity index (χ0) is 12.0. The van der Waals surface area contributed by atoms with Gasteiger partial charge in [0, 0.05) is 13.2 Å². The van der Waals surface area contributed by atoms with E-state index in [0.29, 0.717) is 6.61 Å². The van der Waals surface area contributed by atoms with Crippen LogP contribution in [0, 0.1) is 0 Å². The van der Waals surface area contributed by atoms with E-state index in [2.05, 4.69) is 5.32 Å². The zero-order valence-corrected chi connectivity index (χ0v) is 11.1. The van der Waals surface area contributed by atoms with E-state index >= 15 is 0 Å². The van der Waals surface area contributed by atoms with Crippen LogP contribution >= 0.6 is 0 Å². The van der Waals surface area contributed by atoms with Crippen molar-refractivity contribution in [3.63, 3.8) is 0 Å². The molecule has 0 bridgehead atoms. The lowest BCUT2D eigenvalue weighted by molar-refractivity contribution is 0.216. The molecule has 1 rings (SSSR count). The minimum absolute atomic E-state index is 0.139. The molecule has 4 nitrogen and oxygen atoms in total. The van der Waals surface area contributed by atoms with Crippen molar-refractivity contribution in [1.29, 1.82) is 0 Å². The third kappa shape index (κ3) is 3.71. The van der Waals surface area contributed by atoms with Crippen LogP contribution in [0.15, 0.2) is 0 Å². The lowest BCUT2D eigenvalue weighted by Crippen LogP contribution is -2.47. The number of rotatable bonds is 6. The molecule has 1 fully saturated rings. The van der Waals surface area contributed by atoms with Crippen molar-refractivity contribution >= 4 is 9.84 Å². The molecule has 2 unspecified atom stereocenters. The summed E-state index contributed by atoms with van der Waals surface area (Å²) in [4.78, 5) is 0. The highest BCUT2D eigenvalue weighted by Gasteiger charge is 2.34. The average molecular weight is 249 g/mol. The monoisotopic (exact) mass is 249 g/mol. The van der Waals surface area contributed by atoms with Gasteiger partial charge in [-0.15, -0.1) is 0 Å². The SMILES string of the molecule is CCNC1CCCCC1S(=O)(=O)CCOC. The average Bonchev–Trinajstić information content (AvgIpc) is 2.27. The number of nitrogens with one attached hydrogen (secondary N) is 1.